The molecular formula is C21H26ClN5O3. The Morgan fingerprint density at radius 2 is 2.00 bits per heavy atom. The molecule has 1 aliphatic rings. The van der Waals surface area contributed by atoms with Crippen molar-refractivity contribution in [1.82, 2.24) is 14.9 Å². The van der Waals surface area contributed by atoms with Gasteiger partial charge in [0.25, 0.3) is 0 Å². The van der Waals surface area contributed by atoms with Crippen molar-refractivity contribution in [3.63, 3.8) is 0 Å². The number of carbonyl (C=O) groups excluding carboxylic acids is 2. The predicted octanol–water partition coefficient (Wildman–Crippen LogP) is 3.60. The number of carbonyl (C=O) groups is 2. The number of urea groups is 1. The lowest BCUT2D eigenvalue weighted by Crippen LogP contribution is -2.58. The number of rotatable bonds is 4. The molecule has 0 aliphatic carbocycles. The van der Waals surface area contributed by atoms with Crippen molar-refractivity contribution < 1.29 is 14.3 Å². The second-order valence-electron chi connectivity index (χ2n) is 7.60. The smallest absolute Gasteiger partial charge is 0.358 e. The van der Waals surface area contributed by atoms with Crippen molar-refractivity contribution in [2.24, 2.45) is 5.92 Å². The van der Waals surface area contributed by atoms with Crippen molar-refractivity contribution in [3.8, 4) is 0 Å². The molecule has 0 radical (unpaired) electrons. The van der Waals surface area contributed by atoms with Crippen molar-refractivity contribution in [3.05, 3.63) is 46.9 Å². The zero-order valence-corrected chi connectivity index (χ0v) is 18.3. The van der Waals surface area contributed by atoms with Crippen molar-refractivity contribution in [1.29, 1.82) is 0 Å². The molecule has 8 nitrogen and oxygen atoms in total. The largest absolute Gasteiger partial charge is 0.464 e. The van der Waals surface area contributed by atoms with Crippen LogP contribution in [-0.4, -0.2) is 59.7 Å². The average Bonchev–Trinajstić information content (AvgIpc) is 2.75. The summed E-state index contributed by atoms with van der Waals surface area (Å²) in [6, 6.07) is 5.32. The van der Waals surface area contributed by atoms with Crippen LogP contribution in [0.1, 0.15) is 29.9 Å². The van der Waals surface area contributed by atoms with E-state index in [1.165, 1.54) is 13.3 Å². The number of ether oxygens (including phenoxy) is 1. The van der Waals surface area contributed by atoms with Gasteiger partial charge in [0.15, 0.2) is 5.69 Å². The molecular weight excluding hydrogens is 406 g/mol. The fourth-order valence-electron chi connectivity index (χ4n) is 3.40. The first-order valence-corrected chi connectivity index (χ1v) is 10.2. The van der Waals surface area contributed by atoms with Crippen LogP contribution in [0.2, 0.25) is 5.02 Å². The van der Waals surface area contributed by atoms with Gasteiger partial charge in [-0.2, -0.15) is 0 Å². The number of nitrogens with one attached hydrogen (secondary N) is 1. The number of hydrogen-bond donors (Lipinski definition) is 1. The SMILES string of the molecule is COC(=O)c1cnc(N2CCN(C(=O)Nc3ccc(C)c(Cl)c3)C(C(C)C)C2)cn1. The van der Waals surface area contributed by atoms with E-state index in [1.807, 2.05) is 24.0 Å². The van der Waals surface area contributed by atoms with E-state index in [9.17, 15) is 9.59 Å². The Morgan fingerprint density at radius 3 is 2.60 bits per heavy atom. The third-order valence-corrected chi connectivity index (χ3v) is 5.64. The first kappa shape index (κ1) is 21.8. The Morgan fingerprint density at radius 1 is 1.23 bits per heavy atom. The second kappa shape index (κ2) is 9.30. The molecule has 1 aromatic carbocycles. The van der Waals surface area contributed by atoms with Crippen LogP contribution >= 0.6 is 11.6 Å². The van der Waals surface area contributed by atoms with E-state index in [-0.39, 0.29) is 23.7 Å². The highest BCUT2D eigenvalue weighted by atomic mass is 35.5. The van der Waals surface area contributed by atoms with E-state index in [2.05, 4.69) is 38.8 Å². The number of anilines is 2. The zero-order chi connectivity index (χ0) is 21.8. The van der Waals surface area contributed by atoms with Gasteiger partial charge < -0.3 is 19.9 Å². The number of piperazine rings is 1. The summed E-state index contributed by atoms with van der Waals surface area (Å²) >= 11 is 6.18. The van der Waals surface area contributed by atoms with E-state index in [0.717, 1.165) is 5.56 Å². The summed E-state index contributed by atoms with van der Waals surface area (Å²) in [7, 11) is 1.31. The number of halogens is 1. The van der Waals surface area contributed by atoms with Crippen molar-refractivity contribution in [2.75, 3.05) is 37.0 Å². The molecule has 0 spiro atoms. The van der Waals surface area contributed by atoms with Crippen LogP contribution in [-0.2, 0) is 4.74 Å². The van der Waals surface area contributed by atoms with E-state index >= 15 is 0 Å². The summed E-state index contributed by atoms with van der Waals surface area (Å²) in [6.45, 7) is 7.85. The molecule has 9 heteroatoms. The molecule has 1 aromatic heterocycles. The van der Waals surface area contributed by atoms with Crippen LogP contribution in [0.3, 0.4) is 0 Å². The fraction of sp³-hybridized carbons (Fsp3) is 0.429. The van der Waals surface area contributed by atoms with Gasteiger partial charge >= 0.3 is 12.0 Å². The van der Waals surface area contributed by atoms with Gasteiger partial charge in [-0.05, 0) is 30.5 Å². The summed E-state index contributed by atoms with van der Waals surface area (Å²) in [4.78, 5) is 36.9. The van der Waals surface area contributed by atoms with Crippen molar-refractivity contribution >= 4 is 35.1 Å². The standard InChI is InChI=1S/C21H26ClN5O3/c1-13(2)18-12-26(19-11-23-17(10-24-19)20(28)30-4)7-8-27(18)21(29)25-15-6-5-14(3)16(22)9-15/h5-6,9-11,13,18H,7-8,12H2,1-4H3,(H,25,29). The molecule has 1 fully saturated rings. The number of nitrogens with zero attached hydrogens (tertiary/aromatic N) is 4. The monoisotopic (exact) mass is 431 g/mol. The number of amides is 2. The minimum absolute atomic E-state index is 0.0123. The van der Waals surface area contributed by atoms with Crippen LogP contribution in [0.25, 0.3) is 0 Å². The first-order valence-electron chi connectivity index (χ1n) is 9.79. The van der Waals surface area contributed by atoms with Crippen LogP contribution in [0.15, 0.2) is 30.6 Å². The van der Waals surface area contributed by atoms with Crippen LogP contribution < -0.4 is 10.2 Å². The highest BCUT2D eigenvalue weighted by Crippen LogP contribution is 2.24. The second-order valence-corrected chi connectivity index (χ2v) is 8.00. The Labute approximate surface area is 181 Å². The zero-order valence-electron chi connectivity index (χ0n) is 17.6. The third-order valence-electron chi connectivity index (χ3n) is 5.23. The van der Waals surface area contributed by atoms with Gasteiger partial charge in [-0.25, -0.2) is 19.6 Å². The minimum atomic E-state index is -0.521. The maximum atomic E-state index is 12.9. The third kappa shape index (κ3) is 4.81. The molecule has 1 unspecified atom stereocenters. The molecule has 0 bridgehead atoms. The molecule has 30 heavy (non-hydrogen) atoms. The average molecular weight is 432 g/mol. The summed E-state index contributed by atoms with van der Waals surface area (Å²) in [5.41, 5.74) is 1.80. The summed E-state index contributed by atoms with van der Waals surface area (Å²) in [5, 5.41) is 3.57. The summed E-state index contributed by atoms with van der Waals surface area (Å²) in [6.07, 6.45) is 2.97. The topological polar surface area (TPSA) is 87.7 Å². The summed E-state index contributed by atoms with van der Waals surface area (Å²) < 4.78 is 4.66. The molecule has 1 atom stereocenters. The van der Waals surface area contributed by atoms with Gasteiger partial charge in [-0.1, -0.05) is 31.5 Å². The van der Waals surface area contributed by atoms with Crippen LogP contribution in [0.4, 0.5) is 16.3 Å². The molecule has 1 N–H and O–H groups in total. The highest BCUT2D eigenvalue weighted by molar-refractivity contribution is 6.31. The quantitative estimate of drug-likeness (QED) is 0.744. The fourth-order valence-corrected chi connectivity index (χ4v) is 3.58. The molecule has 1 aliphatic heterocycles. The molecule has 1 saturated heterocycles. The Bertz CT molecular complexity index is 919. The van der Waals surface area contributed by atoms with Crippen LogP contribution in [0.5, 0.6) is 0 Å². The van der Waals surface area contributed by atoms with E-state index < -0.39 is 5.97 Å². The van der Waals surface area contributed by atoms with Gasteiger partial charge in [0.05, 0.1) is 25.5 Å². The molecule has 2 heterocycles. The molecule has 160 valence electrons. The Kier molecular flexibility index (Phi) is 6.77. The lowest BCUT2D eigenvalue weighted by Gasteiger charge is -2.43. The predicted molar refractivity (Wildman–Crippen MR) is 116 cm³/mol. The molecule has 2 amide bonds. The van der Waals surface area contributed by atoms with Gasteiger partial charge in [-0.15, -0.1) is 0 Å². The first-order chi connectivity index (χ1) is 14.3. The minimum Gasteiger partial charge on any atom is -0.464 e. The molecule has 2 aromatic rings. The van der Waals surface area contributed by atoms with Crippen LogP contribution in [0, 0.1) is 12.8 Å². The van der Waals surface area contributed by atoms with E-state index in [1.54, 1.807) is 12.3 Å². The van der Waals surface area contributed by atoms with Gasteiger partial charge in [-0.3, -0.25) is 0 Å². The number of hydrogen-bond acceptors (Lipinski definition) is 6. The van der Waals surface area contributed by atoms with E-state index in [0.29, 0.717) is 36.2 Å². The maximum Gasteiger partial charge on any atom is 0.358 e. The summed E-state index contributed by atoms with van der Waals surface area (Å²) in [5.74, 6) is 0.382. The van der Waals surface area contributed by atoms with Gasteiger partial charge in [0, 0.05) is 30.3 Å². The number of aryl methyl sites for hydroxylation is 1. The molecule has 0 saturated carbocycles. The highest BCUT2D eigenvalue weighted by Gasteiger charge is 2.33. The number of benzene rings is 1. The van der Waals surface area contributed by atoms with Crippen molar-refractivity contribution in [2.45, 2.75) is 26.8 Å². The normalized spacial score (nSPS) is 16.5. The van der Waals surface area contributed by atoms with Gasteiger partial charge in [0.1, 0.15) is 5.82 Å². The lowest BCUT2D eigenvalue weighted by molar-refractivity contribution is 0.0593. The maximum absolute atomic E-state index is 12.9. The number of methoxy groups -OCH3 is 1. The Balaban J connectivity index is 1.71. The Hall–Kier alpha value is -2.87. The number of aromatic nitrogens is 2. The molecule has 3 rings (SSSR count). The lowest BCUT2D eigenvalue weighted by atomic mass is 10.00. The van der Waals surface area contributed by atoms with Gasteiger partial charge in [0.2, 0.25) is 0 Å². The van der Waals surface area contributed by atoms with E-state index in [4.69, 9.17) is 11.6 Å². The number of esters is 1.